The molecule has 5 rings (SSSR count). The number of ether oxygens (including phenoxy) is 3. The highest BCUT2D eigenvalue weighted by Crippen LogP contribution is 2.53. The van der Waals surface area contributed by atoms with Gasteiger partial charge in [0.15, 0.2) is 0 Å². The van der Waals surface area contributed by atoms with Gasteiger partial charge in [0.2, 0.25) is 5.91 Å². The number of esters is 1. The SMILES string of the molecule is C=CCOC(=O)O[C@@H](C)C1C(=O)N2C(C(=O)OCC=C)=C(CN3c4cccc5c(CCO)ccc(c45)S3(=O)=O)SC12. The number of β-lactam (4-membered cyclic amide) rings is 1. The number of amides is 1. The zero-order chi connectivity index (χ0) is 29.5. The van der Waals surface area contributed by atoms with Crippen LogP contribution in [0.25, 0.3) is 10.8 Å². The molecule has 1 amide bonds. The smallest absolute Gasteiger partial charge is 0.457 e. The first-order chi connectivity index (χ1) is 19.6. The van der Waals surface area contributed by atoms with Crippen molar-refractivity contribution in [3.63, 3.8) is 0 Å². The lowest BCUT2D eigenvalue weighted by molar-refractivity contribution is -0.158. The zero-order valence-corrected chi connectivity index (χ0v) is 23.8. The molecule has 41 heavy (non-hydrogen) atoms. The van der Waals surface area contributed by atoms with Crippen LogP contribution < -0.4 is 4.31 Å². The molecule has 2 aromatic rings. The molecule has 0 bridgehead atoms. The summed E-state index contributed by atoms with van der Waals surface area (Å²) in [6, 6.07) is 8.45. The number of carbonyl (C=O) groups excluding carboxylic acids is 3. The molecule has 11 nitrogen and oxygen atoms in total. The molecule has 1 saturated heterocycles. The van der Waals surface area contributed by atoms with E-state index in [4.69, 9.17) is 14.2 Å². The molecule has 216 valence electrons. The van der Waals surface area contributed by atoms with Gasteiger partial charge in [-0.2, -0.15) is 0 Å². The zero-order valence-electron chi connectivity index (χ0n) is 22.1. The van der Waals surface area contributed by atoms with Crippen LogP contribution in [-0.2, 0) is 40.2 Å². The molecular weight excluding hydrogens is 572 g/mol. The van der Waals surface area contributed by atoms with E-state index < -0.39 is 45.5 Å². The predicted molar refractivity (Wildman–Crippen MR) is 151 cm³/mol. The van der Waals surface area contributed by atoms with E-state index in [0.29, 0.717) is 27.8 Å². The van der Waals surface area contributed by atoms with Gasteiger partial charge < -0.3 is 19.3 Å². The minimum absolute atomic E-state index is 0.0520. The molecule has 13 heteroatoms. The summed E-state index contributed by atoms with van der Waals surface area (Å²) in [5, 5.41) is 10.1. The van der Waals surface area contributed by atoms with Crippen LogP contribution in [0.3, 0.4) is 0 Å². The standard InChI is InChI=1S/C28H28N2O9S2/c1-4-13-37-27(33)24-20(40-26-22(25(32)30(24)26)16(3)39-28(34)38-14-5-2)15-29-19-8-6-7-18-17(11-12-31)9-10-21(23(18)19)41(29,35)36/h4-10,16,22,26,31H,1-2,11-15H2,3H3/t16-,22?,26?/m0/s1. The summed E-state index contributed by atoms with van der Waals surface area (Å²) in [4.78, 5) is 40.1. The Kier molecular flexibility index (Phi) is 7.86. The van der Waals surface area contributed by atoms with Gasteiger partial charge in [-0.15, -0.1) is 0 Å². The van der Waals surface area contributed by atoms with Crippen molar-refractivity contribution in [1.29, 1.82) is 0 Å². The number of hydrogen-bond donors (Lipinski definition) is 1. The number of benzene rings is 2. The van der Waals surface area contributed by atoms with Crippen LogP contribution in [0.2, 0.25) is 0 Å². The van der Waals surface area contributed by atoms with Crippen molar-refractivity contribution in [2.24, 2.45) is 5.92 Å². The van der Waals surface area contributed by atoms with E-state index in [1.807, 2.05) is 6.07 Å². The lowest BCUT2D eigenvalue weighted by atomic mass is 9.92. The maximum atomic E-state index is 13.7. The fourth-order valence-electron chi connectivity index (χ4n) is 5.26. The molecule has 0 saturated carbocycles. The summed E-state index contributed by atoms with van der Waals surface area (Å²) in [6.45, 7) is 8.09. The van der Waals surface area contributed by atoms with Crippen molar-refractivity contribution < 1.29 is 42.1 Å². The summed E-state index contributed by atoms with van der Waals surface area (Å²) >= 11 is 1.15. The van der Waals surface area contributed by atoms with Gasteiger partial charge in [-0.05, 0) is 36.4 Å². The van der Waals surface area contributed by atoms with Gasteiger partial charge in [0.25, 0.3) is 10.0 Å². The normalized spacial score (nSPS) is 20.9. The minimum atomic E-state index is -4.01. The molecule has 0 aromatic heterocycles. The third-order valence-electron chi connectivity index (χ3n) is 7.06. The third-order valence-corrected chi connectivity index (χ3v) is 10.2. The number of nitrogens with zero attached hydrogens (tertiary/aromatic N) is 2. The Labute approximate surface area is 241 Å². The van der Waals surface area contributed by atoms with E-state index in [0.717, 1.165) is 17.3 Å². The van der Waals surface area contributed by atoms with Gasteiger partial charge in [-0.25, -0.2) is 18.0 Å². The summed E-state index contributed by atoms with van der Waals surface area (Å²) in [7, 11) is -4.01. The maximum Gasteiger partial charge on any atom is 0.508 e. The molecule has 3 aliphatic rings. The van der Waals surface area contributed by atoms with E-state index >= 15 is 0 Å². The molecular formula is C28H28N2O9S2. The Hall–Kier alpha value is -3.81. The first kappa shape index (κ1) is 28.7. The summed E-state index contributed by atoms with van der Waals surface area (Å²) < 4.78 is 44.1. The monoisotopic (exact) mass is 600 g/mol. The van der Waals surface area contributed by atoms with E-state index in [9.17, 15) is 27.9 Å². The van der Waals surface area contributed by atoms with Crippen molar-refractivity contribution in [3.8, 4) is 0 Å². The topological polar surface area (TPSA) is 140 Å². The van der Waals surface area contributed by atoms with Crippen LogP contribution >= 0.6 is 11.8 Å². The van der Waals surface area contributed by atoms with Gasteiger partial charge in [-0.1, -0.05) is 55.3 Å². The minimum Gasteiger partial charge on any atom is -0.457 e. The molecule has 1 N–H and O–H groups in total. The van der Waals surface area contributed by atoms with E-state index in [1.165, 1.54) is 27.4 Å². The summed E-state index contributed by atoms with van der Waals surface area (Å²) in [5.74, 6) is -2.05. The van der Waals surface area contributed by atoms with Crippen LogP contribution in [0.15, 0.2) is 71.1 Å². The van der Waals surface area contributed by atoms with Crippen LogP contribution in [-0.4, -0.2) is 74.3 Å². The fourth-order valence-corrected chi connectivity index (χ4v) is 8.59. The predicted octanol–water partition coefficient (Wildman–Crippen LogP) is 3.08. The number of sulfonamides is 1. The van der Waals surface area contributed by atoms with E-state index in [2.05, 4.69) is 13.2 Å². The first-order valence-corrected chi connectivity index (χ1v) is 15.1. The molecule has 1 fully saturated rings. The van der Waals surface area contributed by atoms with Gasteiger partial charge in [0, 0.05) is 16.9 Å². The highest BCUT2D eigenvalue weighted by molar-refractivity contribution is 8.04. The summed E-state index contributed by atoms with van der Waals surface area (Å²) in [5.41, 5.74) is 1.19. The van der Waals surface area contributed by atoms with Gasteiger partial charge >= 0.3 is 12.1 Å². The van der Waals surface area contributed by atoms with Crippen molar-refractivity contribution in [2.75, 3.05) is 30.7 Å². The fraction of sp³-hybridized carbons (Fsp3) is 0.321. The molecule has 3 atom stereocenters. The van der Waals surface area contributed by atoms with Crippen molar-refractivity contribution in [1.82, 2.24) is 4.90 Å². The number of hydrogen-bond acceptors (Lipinski definition) is 10. The lowest BCUT2D eigenvalue weighted by Crippen LogP contribution is -2.61. The van der Waals surface area contributed by atoms with Crippen molar-refractivity contribution in [2.45, 2.75) is 29.7 Å². The van der Waals surface area contributed by atoms with Crippen molar-refractivity contribution >= 4 is 56.3 Å². The highest BCUT2D eigenvalue weighted by atomic mass is 32.2. The van der Waals surface area contributed by atoms with E-state index in [-0.39, 0.29) is 37.0 Å². The second-order valence-electron chi connectivity index (χ2n) is 9.48. The Morgan fingerprint density at radius 3 is 2.59 bits per heavy atom. The largest absolute Gasteiger partial charge is 0.508 e. The third kappa shape index (κ3) is 4.77. The van der Waals surface area contributed by atoms with Crippen molar-refractivity contribution in [3.05, 3.63) is 71.8 Å². The number of aliphatic hydroxyl groups excluding tert-OH is 1. The van der Waals surface area contributed by atoms with Crippen LogP contribution in [0.5, 0.6) is 0 Å². The maximum absolute atomic E-state index is 13.7. The van der Waals surface area contributed by atoms with Gasteiger partial charge in [-0.3, -0.25) is 14.0 Å². The average molecular weight is 601 g/mol. The molecule has 0 aliphatic carbocycles. The van der Waals surface area contributed by atoms with Crippen LogP contribution in [0.4, 0.5) is 10.5 Å². The number of aliphatic hydroxyl groups is 1. The van der Waals surface area contributed by atoms with Crippen LogP contribution in [0, 0.1) is 5.92 Å². The molecule has 2 aromatic carbocycles. The van der Waals surface area contributed by atoms with E-state index in [1.54, 1.807) is 25.1 Å². The first-order valence-electron chi connectivity index (χ1n) is 12.8. The number of thioether (sulfide) groups is 1. The Morgan fingerprint density at radius 2 is 1.88 bits per heavy atom. The molecule has 0 radical (unpaired) electrons. The molecule has 0 spiro atoms. The molecule has 2 unspecified atom stereocenters. The second kappa shape index (κ2) is 11.2. The highest BCUT2D eigenvalue weighted by Gasteiger charge is 2.59. The lowest BCUT2D eigenvalue weighted by Gasteiger charge is -2.44. The number of rotatable bonds is 11. The number of fused-ring (bicyclic) bond motifs is 1. The van der Waals surface area contributed by atoms with Gasteiger partial charge in [0.05, 0.1) is 17.1 Å². The molecule has 3 heterocycles. The Morgan fingerprint density at radius 1 is 1.15 bits per heavy atom. The molecule has 3 aliphatic heterocycles. The van der Waals surface area contributed by atoms with Gasteiger partial charge in [0.1, 0.15) is 36.3 Å². The Bertz CT molecular complexity index is 1600. The average Bonchev–Trinajstić information content (AvgIpc) is 3.37. The number of carbonyl (C=O) groups is 3. The number of anilines is 1. The quantitative estimate of drug-likeness (QED) is 0.233. The second-order valence-corrected chi connectivity index (χ2v) is 12.5. The van der Waals surface area contributed by atoms with Crippen LogP contribution in [0.1, 0.15) is 12.5 Å². The Balaban J connectivity index is 1.48. The summed E-state index contributed by atoms with van der Waals surface area (Å²) in [6.07, 6.45) is 1.29.